The highest BCUT2D eigenvalue weighted by Crippen LogP contribution is 2.21. The van der Waals surface area contributed by atoms with E-state index in [4.69, 9.17) is 0 Å². The van der Waals surface area contributed by atoms with Crippen molar-refractivity contribution in [2.45, 2.75) is 18.9 Å². The second-order valence-electron chi connectivity index (χ2n) is 5.13. The topological polar surface area (TPSA) is 58.2 Å². The van der Waals surface area contributed by atoms with E-state index in [1.54, 1.807) is 0 Å². The van der Waals surface area contributed by atoms with Crippen molar-refractivity contribution < 1.29 is 9.59 Å². The second kappa shape index (κ2) is 5.79. The Balaban J connectivity index is 1.80. The smallest absolute Gasteiger partial charge is 0.249 e. The van der Waals surface area contributed by atoms with Crippen molar-refractivity contribution in [3.63, 3.8) is 0 Å². The van der Waals surface area contributed by atoms with Crippen LogP contribution < -0.4 is 10.6 Å². The van der Waals surface area contributed by atoms with E-state index in [0.717, 1.165) is 17.7 Å². The van der Waals surface area contributed by atoms with Crippen molar-refractivity contribution in [3.8, 4) is 0 Å². The number of nitrogens with one attached hydrogen (secondary N) is 2. The minimum atomic E-state index is -0.477. The van der Waals surface area contributed by atoms with Gasteiger partial charge < -0.3 is 5.32 Å². The Labute approximate surface area is 123 Å². The molecule has 1 fully saturated rings. The van der Waals surface area contributed by atoms with E-state index in [1.165, 1.54) is 5.56 Å². The highest BCUT2D eigenvalue weighted by molar-refractivity contribution is 6.06. The summed E-state index contributed by atoms with van der Waals surface area (Å²) in [5.41, 5.74) is 3.21. The van der Waals surface area contributed by atoms with E-state index >= 15 is 0 Å². The van der Waals surface area contributed by atoms with Gasteiger partial charge in [0.1, 0.15) is 6.04 Å². The number of rotatable bonds is 4. The van der Waals surface area contributed by atoms with Crippen LogP contribution in [0.3, 0.4) is 0 Å². The van der Waals surface area contributed by atoms with Crippen molar-refractivity contribution in [1.29, 1.82) is 0 Å². The third-order valence-electron chi connectivity index (χ3n) is 3.55. The largest absolute Gasteiger partial charge is 0.373 e. The highest BCUT2D eigenvalue weighted by atomic mass is 16.2. The first-order chi connectivity index (χ1) is 10.2. The van der Waals surface area contributed by atoms with Crippen LogP contribution in [0, 0.1) is 0 Å². The molecule has 1 unspecified atom stereocenters. The van der Waals surface area contributed by atoms with Gasteiger partial charge >= 0.3 is 0 Å². The van der Waals surface area contributed by atoms with E-state index in [9.17, 15) is 9.59 Å². The van der Waals surface area contributed by atoms with E-state index in [1.807, 2.05) is 42.5 Å². The molecule has 1 aliphatic rings. The van der Waals surface area contributed by atoms with Crippen LogP contribution in [0.5, 0.6) is 0 Å². The maximum Gasteiger partial charge on any atom is 0.249 e. The summed E-state index contributed by atoms with van der Waals surface area (Å²) in [4.78, 5) is 22.9. The summed E-state index contributed by atoms with van der Waals surface area (Å²) in [6.07, 6.45) is 0.977. The first-order valence-corrected chi connectivity index (χ1v) is 6.94. The Morgan fingerprint density at radius 3 is 2.43 bits per heavy atom. The zero-order valence-corrected chi connectivity index (χ0v) is 11.5. The lowest BCUT2D eigenvalue weighted by Crippen LogP contribution is -2.30. The molecule has 0 spiro atoms. The third kappa shape index (κ3) is 3.11. The number of carbonyl (C=O) groups is 2. The number of anilines is 1. The molecule has 0 radical (unpaired) electrons. The fourth-order valence-corrected chi connectivity index (χ4v) is 2.49. The predicted molar refractivity (Wildman–Crippen MR) is 80.9 cm³/mol. The molecular weight excluding hydrogens is 264 g/mol. The van der Waals surface area contributed by atoms with Crippen LogP contribution in [0.1, 0.15) is 17.5 Å². The first-order valence-electron chi connectivity index (χ1n) is 6.94. The van der Waals surface area contributed by atoms with Crippen LogP contribution in [0.4, 0.5) is 5.69 Å². The Morgan fingerprint density at radius 2 is 1.71 bits per heavy atom. The first kappa shape index (κ1) is 13.4. The number of carbonyl (C=O) groups excluding carboxylic acids is 2. The van der Waals surface area contributed by atoms with Crippen molar-refractivity contribution in [2.75, 3.05) is 5.32 Å². The lowest BCUT2D eigenvalue weighted by molar-refractivity contribution is -0.124. The normalized spacial score (nSPS) is 17.6. The quantitative estimate of drug-likeness (QED) is 0.843. The lowest BCUT2D eigenvalue weighted by Gasteiger charge is -2.15. The van der Waals surface area contributed by atoms with E-state index in [2.05, 4.69) is 22.8 Å². The molecule has 1 heterocycles. The number of hydrogen-bond donors (Lipinski definition) is 2. The van der Waals surface area contributed by atoms with Gasteiger partial charge in [-0.1, -0.05) is 48.5 Å². The molecule has 21 heavy (non-hydrogen) atoms. The van der Waals surface area contributed by atoms with Crippen LogP contribution in [-0.2, 0) is 16.0 Å². The SMILES string of the molecule is O=C1CC(Nc2ccccc2Cc2ccccc2)C(=O)N1. The molecule has 3 rings (SSSR count). The van der Waals surface area contributed by atoms with Gasteiger partial charge in [-0.3, -0.25) is 14.9 Å². The molecule has 0 saturated carbocycles. The number of para-hydroxylation sites is 1. The fourth-order valence-electron chi connectivity index (χ4n) is 2.49. The summed E-state index contributed by atoms with van der Waals surface area (Å²) < 4.78 is 0. The van der Waals surface area contributed by atoms with Crippen molar-refractivity contribution in [1.82, 2.24) is 5.32 Å². The van der Waals surface area contributed by atoms with Crippen LogP contribution in [-0.4, -0.2) is 17.9 Å². The average molecular weight is 280 g/mol. The molecule has 2 amide bonds. The second-order valence-corrected chi connectivity index (χ2v) is 5.13. The maximum atomic E-state index is 11.7. The molecule has 1 saturated heterocycles. The van der Waals surface area contributed by atoms with Crippen molar-refractivity contribution >= 4 is 17.5 Å². The predicted octanol–water partition coefficient (Wildman–Crippen LogP) is 2.10. The van der Waals surface area contributed by atoms with Gasteiger partial charge in [0, 0.05) is 5.69 Å². The van der Waals surface area contributed by atoms with Crippen LogP contribution in [0.2, 0.25) is 0 Å². The monoisotopic (exact) mass is 280 g/mol. The molecule has 2 aromatic carbocycles. The Bertz CT molecular complexity index is 668. The molecule has 106 valence electrons. The van der Waals surface area contributed by atoms with Crippen molar-refractivity contribution in [3.05, 3.63) is 65.7 Å². The summed E-state index contributed by atoms with van der Waals surface area (Å²) in [6.45, 7) is 0. The Hall–Kier alpha value is -2.62. The minimum Gasteiger partial charge on any atom is -0.373 e. The van der Waals surface area contributed by atoms with E-state index < -0.39 is 6.04 Å². The average Bonchev–Trinajstić information content (AvgIpc) is 2.80. The van der Waals surface area contributed by atoms with Gasteiger partial charge in [0.05, 0.1) is 6.42 Å². The number of hydrogen-bond acceptors (Lipinski definition) is 3. The fraction of sp³-hybridized carbons (Fsp3) is 0.176. The van der Waals surface area contributed by atoms with Gasteiger partial charge in [0.15, 0.2) is 0 Å². The molecule has 1 aliphatic heterocycles. The summed E-state index contributed by atoms with van der Waals surface area (Å²) >= 11 is 0. The van der Waals surface area contributed by atoms with Crippen LogP contribution in [0.25, 0.3) is 0 Å². The van der Waals surface area contributed by atoms with Gasteiger partial charge in [-0.05, 0) is 23.6 Å². The molecule has 0 aromatic heterocycles. The Morgan fingerprint density at radius 1 is 1.00 bits per heavy atom. The molecule has 0 aliphatic carbocycles. The zero-order valence-electron chi connectivity index (χ0n) is 11.5. The molecule has 4 nitrogen and oxygen atoms in total. The zero-order chi connectivity index (χ0) is 14.7. The van der Waals surface area contributed by atoms with Gasteiger partial charge in [-0.25, -0.2) is 0 Å². The number of benzene rings is 2. The summed E-state index contributed by atoms with van der Waals surface area (Å²) in [7, 11) is 0. The minimum absolute atomic E-state index is 0.193. The molecule has 2 aromatic rings. The standard InChI is InChI=1S/C17H16N2O2/c20-16-11-15(17(21)19-16)18-14-9-5-4-8-13(14)10-12-6-2-1-3-7-12/h1-9,15,18H,10-11H2,(H,19,20,21). The molecule has 1 atom stereocenters. The molecular formula is C17H16N2O2. The summed E-state index contributed by atoms with van der Waals surface area (Å²) in [5.74, 6) is -0.479. The van der Waals surface area contributed by atoms with Gasteiger partial charge in [-0.15, -0.1) is 0 Å². The summed E-state index contributed by atoms with van der Waals surface area (Å²) in [5, 5.41) is 5.49. The lowest BCUT2D eigenvalue weighted by atomic mass is 10.0. The number of amides is 2. The number of imide groups is 1. The van der Waals surface area contributed by atoms with E-state index in [-0.39, 0.29) is 18.2 Å². The third-order valence-corrected chi connectivity index (χ3v) is 3.55. The van der Waals surface area contributed by atoms with Crippen molar-refractivity contribution in [2.24, 2.45) is 0 Å². The van der Waals surface area contributed by atoms with Gasteiger partial charge in [-0.2, -0.15) is 0 Å². The van der Waals surface area contributed by atoms with Crippen LogP contribution in [0.15, 0.2) is 54.6 Å². The molecule has 4 heteroatoms. The maximum absolute atomic E-state index is 11.7. The van der Waals surface area contributed by atoms with Gasteiger partial charge in [0.2, 0.25) is 11.8 Å². The van der Waals surface area contributed by atoms with Crippen LogP contribution >= 0.6 is 0 Å². The van der Waals surface area contributed by atoms with Gasteiger partial charge in [0.25, 0.3) is 0 Å². The molecule has 0 bridgehead atoms. The molecule has 2 N–H and O–H groups in total. The highest BCUT2D eigenvalue weighted by Gasteiger charge is 2.30. The Kier molecular flexibility index (Phi) is 3.69. The summed E-state index contributed by atoms with van der Waals surface area (Å²) in [6, 6.07) is 17.5. The van der Waals surface area contributed by atoms with E-state index in [0.29, 0.717) is 0 Å².